The summed E-state index contributed by atoms with van der Waals surface area (Å²) in [7, 11) is 0. The molecule has 112 valence electrons. The lowest BCUT2D eigenvalue weighted by atomic mass is 10.0. The minimum absolute atomic E-state index is 0.660. The quantitative estimate of drug-likeness (QED) is 0.628. The number of benzene rings is 1. The van der Waals surface area contributed by atoms with Gasteiger partial charge in [0.1, 0.15) is 5.82 Å². The van der Waals surface area contributed by atoms with Crippen LogP contribution in [-0.4, -0.2) is 9.97 Å². The van der Waals surface area contributed by atoms with Crippen LogP contribution >= 0.6 is 0 Å². The smallest absolute Gasteiger partial charge is 0.161 e. The van der Waals surface area contributed by atoms with Crippen molar-refractivity contribution in [2.45, 2.75) is 40.0 Å². The van der Waals surface area contributed by atoms with E-state index in [1.54, 1.807) is 0 Å². The first-order valence-electron chi connectivity index (χ1n) is 7.56. The molecule has 0 fully saturated rings. The van der Waals surface area contributed by atoms with E-state index in [9.17, 15) is 0 Å². The van der Waals surface area contributed by atoms with Gasteiger partial charge in [-0.2, -0.15) is 0 Å². The molecule has 2 rings (SSSR count). The molecule has 3 N–H and O–H groups in total. The Morgan fingerprint density at radius 2 is 1.86 bits per heavy atom. The van der Waals surface area contributed by atoms with Gasteiger partial charge in [0, 0.05) is 17.3 Å². The Kier molecular flexibility index (Phi) is 5.28. The number of nitrogen functional groups attached to an aromatic ring is 1. The van der Waals surface area contributed by atoms with Gasteiger partial charge in [-0.25, -0.2) is 15.8 Å². The van der Waals surface area contributed by atoms with Crippen LogP contribution in [0, 0.1) is 5.92 Å². The molecule has 1 aromatic carbocycles. The molecule has 0 radical (unpaired) electrons. The molecule has 4 nitrogen and oxygen atoms in total. The third kappa shape index (κ3) is 4.26. The van der Waals surface area contributed by atoms with E-state index in [2.05, 4.69) is 60.4 Å². The summed E-state index contributed by atoms with van der Waals surface area (Å²) in [5.74, 6) is 7.55. The van der Waals surface area contributed by atoms with Crippen molar-refractivity contribution in [2.24, 2.45) is 11.8 Å². The van der Waals surface area contributed by atoms with Gasteiger partial charge in [-0.1, -0.05) is 51.5 Å². The monoisotopic (exact) mass is 284 g/mol. The molecular weight excluding hydrogens is 260 g/mol. The fourth-order valence-electron chi connectivity index (χ4n) is 2.35. The normalized spacial score (nSPS) is 10.9. The van der Waals surface area contributed by atoms with Gasteiger partial charge in [0.05, 0.1) is 0 Å². The second-order valence-electron chi connectivity index (χ2n) is 5.76. The number of aromatic nitrogens is 2. The van der Waals surface area contributed by atoms with E-state index in [0.717, 1.165) is 36.3 Å². The van der Waals surface area contributed by atoms with Crippen LogP contribution < -0.4 is 11.3 Å². The fourth-order valence-corrected chi connectivity index (χ4v) is 2.35. The fraction of sp³-hybridized carbons (Fsp3) is 0.412. The van der Waals surface area contributed by atoms with E-state index in [0.29, 0.717) is 11.7 Å². The number of hydrazine groups is 1. The topological polar surface area (TPSA) is 63.8 Å². The van der Waals surface area contributed by atoms with Gasteiger partial charge >= 0.3 is 0 Å². The SMILES string of the molecule is CCCc1cc(NN)nc(-c2ccc(CC(C)C)cc2)n1. The Bertz CT molecular complexity index is 576. The van der Waals surface area contributed by atoms with Gasteiger partial charge in [0.25, 0.3) is 0 Å². The van der Waals surface area contributed by atoms with Crippen molar-refractivity contribution in [2.75, 3.05) is 5.43 Å². The molecule has 0 spiro atoms. The molecule has 0 aliphatic heterocycles. The Morgan fingerprint density at radius 1 is 1.14 bits per heavy atom. The summed E-state index contributed by atoms with van der Waals surface area (Å²) in [5, 5.41) is 0. The molecular formula is C17H24N4. The van der Waals surface area contributed by atoms with Crippen molar-refractivity contribution in [3.8, 4) is 11.4 Å². The Hall–Kier alpha value is -1.94. The molecule has 4 heteroatoms. The van der Waals surface area contributed by atoms with Crippen LogP contribution in [0.25, 0.3) is 11.4 Å². The minimum atomic E-state index is 0.660. The molecule has 2 aromatic rings. The van der Waals surface area contributed by atoms with Gasteiger partial charge in [-0.3, -0.25) is 0 Å². The highest BCUT2D eigenvalue weighted by molar-refractivity contribution is 5.58. The van der Waals surface area contributed by atoms with Crippen LogP contribution in [0.15, 0.2) is 30.3 Å². The van der Waals surface area contributed by atoms with Crippen molar-refractivity contribution in [3.63, 3.8) is 0 Å². The molecule has 21 heavy (non-hydrogen) atoms. The van der Waals surface area contributed by atoms with Gasteiger partial charge in [0.2, 0.25) is 0 Å². The summed E-state index contributed by atoms with van der Waals surface area (Å²) in [6, 6.07) is 10.4. The number of nitrogens with zero attached hydrogens (tertiary/aromatic N) is 2. The summed E-state index contributed by atoms with van der Waals surface area (Å²) in [5.41, 5.74) is 6.01. The van der Waals surface area contributed by atoms with E-state index in [4.69, 9.17) is 5.84 Å². The van der Waals surface area contributed by atoms with Crippen molar-refractivity contribution >= 4 is 5.82 Å². The summed E-state index contributed by atoms with van der Waals surface area (Å²) in [6.45, 7) is 6.59. The molecule has 0 amide bonds. The van der Waals surface area contributed by atoms with Crippen molar-refractivity contribution in [1.29, 1.82) is 0 Å². The Labute approximate surface area is 126 Å². The lowest BCUT2D eigenvalue weighted by molar-refractivity contribution is 0.647. The summed E-state index contributed by atoms with van der Waals surface area (Å²) < 4.78 is 0. The molecule has 1 heterocycles. The average molecular weight is 284 g/mol. The zero-order chi connectivity index (χ0) is 15.2. The Morgan fingerprint density at radius 3 is 2.43 bits per heavy atom. The zero-order valence-electron chi connectivity index (χ0n) is 13.1. The standard InChI is InChI=1S/C17H24N4/c1-4-5-15-11-16(21-18)20-17(19-15)14-8-6-13(7-9-14)10-12(2)3/h6-9,11-12H,4-5,10,18H2,1-3H3,(H,19,20,21). The molecule has 0 saturated carbocycles. The molecule has 0 bridgehead atoms. The van der Waals surface area contributed by atoms with Crippen LogP contribution in [0.1, 0.15) is 38.4 Å². The third-order valence-electron chi connectivity index (χ3n) is 3.29. The number of hydrogen-bond acceptors (Lipinski definition) is 4. The highest BCUT2D eigenvalue weighted by Crippen LogP contribution is 2.20. The first-order chi connectivity index (χ1) is 10.1. The van der Waals surface area contributed by atoms with Crippen molar-refractivity contribution in [3.05, 3.63) is 41.6 Å². The summed E-state index contributed by atoms with van der Waals surface area (Å²) in [6.07, 6.45) is 3.07. The van der Waals surface area contributed by atoms with E-state index in [-0.39, 0.29) is 0 Å². The summed E-state index contributed by atoms with van der Waals surface area (Å²) >= 11 is 0. The highest BCUT2D eigenvalue weighted by atomic mass is 15.3. The van der Waals surface area contributed by atoms with Crippen LogP contribution in [0.2, 0.25) is 0 Å². The van der Waals surface area contributed by atoms with Gasteiger partial charge in [-0.05, 0) is 24.3 Å². The molecule has 0 saturated heterocycles. The van der Waals surface area contributed by atoms with Crippen LogP contribution in [0.3, 0.4) is 0 Å². The van der Waals surface area contributed by atoms with E-state index in [1.807, 2.05) is 6.07 Å². The predicted molar refractivity (Wildman–Crippen MR) is 87.8 cm³/mol. The van der Waals surface area contributed by atoms with Gasteiger partial charge in [0.15, 0.2) is 5.82 Å². The second kappa shape index (κ2) is 7.18. The predicted octanol–water partition coefficient (Wildman–Crippen LogP) is 3.58. The number of anilines is 1. The molecule has 1 aromatic heterocycles. The lowest BCUT2D eigenvalue weighted by Gasteiger charge is -2.09. The van der Waals surface area contributed by atoms with E-state index >= 15 is 0 Å². The number of aryl methyl sites for hydroxylation is 1. The molecule has 0 atom stereocenters. The molecule has 0 unspecified atom stereocenters. The third-order valence-corrected chi connectivity index (χ3v) is 3.29. The van der Waals surface area contributed by atoms with Gasteiger partial charge in [-0.15, -0.1) is 0 Å². The largest absolute Gasteiger partial charge is 0.308 e. The first kappa shape index (κ1) is 15.4. The van der Waals surface area contributed by atoms with E-state index in [1.165, 1.54) is 5.56 Å². The minimum Gasteiger partial charge on any atom is -0.308 e. The zero-order valence-corrected chi connectivity index (χ0v) is 13.1. The maximum atomic E-state index is 5.50. The van der Waals surface area contributed by atoms with Gasteiger partial charge < -0.3 is 5.43 Å². The molecule has 0 aliphatic rings. The van der Waals surface area contributed by atoms with Crippen LogP contribution in [-0.2, 0) is 12.8 Å². The first-order valence-corrected chi connectivity index (χ1v) is 7.56. The van der Waals surface area contributed by atoms with E-state index < -0.39 is 0 Å². The number of nitrogens with one attached hydrogen (secondary N) is 1. The van der Waals surface area contributed by atoms with Crippen molar-refractivity contribution in [1.82, 2.24) is 9.97 Å². The second-order valence-corrected chi connectivity index (χ2v) is 5.76. The van der Waals surface area contributed by atoms with Crippen molar-refractivity contribution < 1.29 is 0 Å². The van der Waals surface area contributed by atoms with Crippen LogP contribution in [0.4, 0.5) is 5.82 Å². The van der Waals surface area contributed by atoms with Crippen LogP contribution in [0.5, 0.6) is 0 Å². The Balaban J connectivity index is 2.29. The highest BCUT2D eigenvalue weighted by Gasteiger charge is 2.07. The maximum absolute atomic E-state index is 5.50. The lowest BCUT2D eigenvalue weighted by Crippen LogP contribution is -2.10. The maximum Gasteiger partial charge on any atom is 0.161 e. The number of nitrogens with two attached hydrogens (primary N) is 1. The number of hydrogen-bond donors (Lipinski definition) is 2. The average Bonchev–Trinajstić information content (AvgIpc) is 2.47. The number of rotatable bonds is 6. The summed E-state index contributed by atoms with van der Waals surface area (Å²) in [4.78, 5) is 9.07. The molecule has 0 aliphatic carbocycles.